The molecule has 1 amide bonds. The van der Waals surface area contributed by atoms with E-state index in [4.69, 9.17) is 4.74 Å². The first-order chi connectivity index (χ1) is 13.0. The lowest BCUT2D eigenvalue weighted by Crippen LogP contribution is -2.21. The molecule has 2 aromatic heterocycles. The number of carbonyl (C=O) groups excluding carboxylic acids is 1. The molecule has 5 nitrogen and oxygen atoms in total. The molecule has 0 atom stereocenters. The molecule has 0 saturated heterocycles. The fourth-order valence-electron chi connectivity index (χ4n) is 2.24. The number of ether oxygens (including phenoxy) is 1. The molecule has 0 radical (unpaired) electrons. The van der Waals surface area contributed by atoms with Crippen LogP contribution in [0.15, 0.2) is 36.0 Å². The fourth-order valence-corrected chi connectivity index (χ4v) is 2.96. The Morgan fingerprint density at radius 3 is 2.29 bits per heavy atom. The van der Waals surface area contributed by atoms with Gasteiger partial charge in [-0.05, 0) is 29.6 Å². The molecule has 0 fully saturated rings. The smallest absolute Gasteiger partial charge is 0.416 e. The Bertz CT molecular complexity index is 983. The van der Waals surface area contributed by atoms with Crippen LogP contribution in [0.4, 0.5) is 32.0 Å². The predicted octanol–water partition coefficient (Wildman–Crippen LogP) is 4.75. The lowest BCUT2D eigenvalue weighted by Gasteiger charge is -2.15. The minimum atomic E-state index is -5.01. The highest BCUT2D eigenvalue weighted by molar-refractivity contribution is 7.16. The predicted molar refractivity (Wildman–Crippen MR) is 88.0 cm³/mol. The Morgan fingerprint density at radius 2 is 1.68 bits per heavy atom. The minimum absolute atomic E-state index is 0.0274. The summed E-state index contributed by atoms with van der Waals surface area (Å²) < 4.78 is 82.3. The van der Waals surface area contributed by atoms with Crippen LogP contribution in [0, 0.1) is 0 Å². The molecule has 0 saturated carbocycles. The number of halogens is 6. The van der Waals surface area contributed by atoms with Gasteiger partial charge in [-0.1, -0.05) is 0 Å². The number of carbonyl (C=O) groups is 1. The van der Waals surface area contributed by atoms with Gasteiger partial charge in [-0.15, -0.1) is 11.3 Å². The van der Waals surface area contributed by atoms with Gasteiger partial charge in [0.15, 0.2) is 6.61 Å². The highest BCUT2D eigenvalue weighted by Crippen LogP contribution is 2.37. The van der Waals surface area contributed by atoms with Crippen LogP contribution in [0.2, 0.25) is 0 Å². The summed E-state index contributed by atoms with van der Waals surface area (Å²) >= 11 is 1.30. The maximum absolute atomic E-state index is 12.8. The highest BCUT2D eigenvalue weighted by atomic mass is 32.1. The zero-order valence-corrected chi connectivity index (χ0v) is 14.4. The van der Waals surface area contributed by atoms with Gasteiger partial charge in [0.25, 0.3) is 5.91 Å². The molecule has 148 valence electrons. The molecule has 1 aromatic carbocycles. The van der Waals surface area contributed by atoms with Gasteiger partial charge in [0.2, 0.25) is 5.88 Å². The Labute approximate surface area is 157 Å². The van der Waals surface area contributed by atoms with E-state index in [9.17, 15) is 31.1 Å². The number of hydrogen-bond donors (Lipinski definition) is 1. The molecule has 1 N–H and O–H groups in total. The number of hydrogen-bond acceptors (Lipinski definition) is 5. The Balaban J connectivity index is 1.77. The third-order valence-corrected chi connectivity index (χ3v) is 4.26. The van der Waals surface area contributed by atoms with E-state index in [1.165, 1.54) is 17.7 Å². The molecule has 0 aliphatic carbocycles. The van der Waals surface area contributed by atoms with Crippen molar-refractivity contribution >= 4 is 33.1 Å². The van der Waals surface area contributed by atoms with Gasteiger partial charge in [-0.2, -0.15) is 26.3 Å². The van der Waals surface area contributed by atoms with E-state index in [0.717, 1.165) is 0 Å². The molecule has 12 heteroatoms. The molecule has 0 aliphatic rings. The number of nitrogens with one attached hydrogen (secondary N) is 1. The third-order valence-electron chi connectivity index (χ3n) is 3.44. The molecular formula is C16H9F6N3O2S. The SMILES string of the molecule is O=C(COc1ncnc2sccc12)Nc1cc(C(F)(F)F)cc(C(F)(F)F)c1. The number of anilines is 1. The van der Waals surface area contributed by atoms with Gasteiger partial charge in [0, 0.05) is 5.69 Å². The summed E-state index contributed by atoms with van der Waals surface area (Å²) in [7, 11) is 0. The van der Waals surface area contributed by atoms with Crippen LogP contribution < -0.4 is 10.1 Å². The van der Waals surface area contributed by atoms with Crippen LogP contribution in [0.3, 0.4) is 0 Å². The number of rotatable bonds is 4. The van der Waals surface area contributed by atoms with Gasteiger partial charge in [0.1, 0.15) is 11.2 Å². The minimum Gasteiger partial charge on any atom is -0.467 e. The first-order valence-electron chi connectivity index (χ1n) is 7.44. The highest BCUT2D eigenvalue weighted by Gasteiger charge is 2.37. The molecule has 3 rings (SSSR count). The first kappa shape index (κ1) is 19.9. The standard InChI is InChI=1S/C16H9F6N3O2S/c17-15(18,19)8-3-9(16(20,21)22)5-10(4-8)25-12(26)6-27-13-11-1-2-28-14(11)24-7-23-13/h1-5,7H,6H2,(H,25,26). The van der Waals surface area contributed by atoms with Crippen LogP contribution in [0.5, 0.6) is 5.88 Å². The van der Waals surface area contributed by atoms with Gasteiger partial charge < -0.3 is 10.1 Å². The van der Waals surface area contributed by atoms with E-state index in [1.807, 2.05) is 5.32 Å². The zero-order chi connectivity index (χ0) is 20.5. The number of amides is 1. The van der Waals surface area contributed by atoms with Crippen molar-refractivity contribution in [2.45, 2.75) is 12.4 Å². The first-order valence-corrected chi connectivity index (χ1v) is 8.32. The molecular weight excluding hydrogens is 412 g/mol. The van der Waals surface area contributed by atoms with E-state index in [0.29, 0.717) is 22.3 Å². The topological polar surface area (TPSA) is 64.1 Å². The molecule has 0 aliphatic heterocycles. The lowest BCUT2D eigenvalue weighted by atomic mass is 10.1. The molecule has 28 heavy (non-hydrogen) atoms. The van der Waals surface area contributed by atoms with Crippen LogP contribution in [-0.4, -0.2) is 22.5 Å². The molecule has 2 heterocycles. The zero-order valence-electron chi connectivity index (χ0n) is 13.6. The van der Waals surface area contributed by atoms with Crippen LogP contribution >= 0.6 is 11.3 Å². The number of benzene rings is 1. The normalized spacial score (nSPS) is 12.2. The summed E-state index contributed by atoms with van der Waals surface area (Å²) in [6, 6.07) is 2.44. The van der Waals surface area contributed by atoms with Crippen LogP contribution in [-0.2, 0) is 17.1 Å². The van der Waals surface area contributed by atoms with Crippen LogP contribution in [0.25, 0.3) is 10.2 Å². The maximum atomic E-state index is 12.8. The quantitative estimate of drug-likeness (QED) is 0.618. The summed E-state index contributed by atoms with van der Waals surface area (Å²) in [5.74, 6) is -0.879. The molecule has 0 spiro atoms. The second-order valence-electron chi connectivity index (χ2n) is 5.45. The number of aromatic nitrogens is 2. The molecule has 0 unspecified atom stereocenters. The van der Waals surface area contributed by atoms with Crippen molar-refractivity contribution in [2.75, 3.05) is 11.9 Å². The van der Waals surface area contributed by atoms with E-state index in [1.54, 1.807) is 11.4 Å². The number of alkyl halides is 6. The second-order valence-corrected chi connectivity index (χ2v) is 6.34. The van der Waals surface area contributed by atoms with Gasteiger partial charge in [-0.25, -0.2) is 9.97 Å². The average Bonchev–Trinajstić information content (AvgIpc) is 3.07. The lowest BCUT2D eigenvalue weighted by molar-refractivity contribution is -0.143. The Hall–Kier alpha value is -2.89. The molecule has 3 aromatic rings. The average molecular weight is 421 g/mol. The summed E-state index contributed by atoms with van der Waals surface area (Å²) in [4.78, 5) is 20.4. The summed E-state index contributed by atoms with van der Waals surface area (Å²) in [6.07, 6.45) is -8.82. The van der Waals surface area contributed by atoms with Crippen LogP contribution in [0.1, 0.15) is 11.1 Å². The number of thiophene rings is 1. The largest absolute Gasteiger partial charge is 0.467 e. The van der Waals surface area contributed by atoms with E-state index in [-0.39, 0.29) is 11.9 Å². The Kier molecular flexibility index (Phi) is 5.15. The van der Waals surface area contributed by atoms with E-state index >= 15 is 0 Å². The van der Waals surface area contributed by atoms with Crippen molar-refractivity contribution < 1.29 is 35.9 Å². The summed E-state index contributed by atoms with van der Waals surface area (Å²) in [5, 5.41) is 4.22. The molecule has 0 bridgehead atoms. The van der Waals surface area contributed by atoms with Crippen molar-refractivity contribution in [3.05, 3.63) is 47.1 Å². The summed E-state index contributed by atoms with van der Waals surface area (Å²) in [6.45, 7) is -0.667. The Morgan fingerprint density at radius 1 is 1.04 bits per heavy atom. The van der Waals surface area contributed by atoms with Gasteiger partial charge >= 0.3 is 12.4 Å². The van der Waals surface area contributed by atoms with Crippen molar-refractivity contribution in [1.29, 1.82) is 0 Å². The fraction of sp³-hybridized carbons (Fsp3) is 0.188. The monoisotopic (exact) mass is 421 g/mol. The number of nitrogens with zero attached hydrogens (tertiary/aromatic N) is 2. The number of fused-ring (bicyclic) bond motifs is 1. The van der Waals surface area contributed by atoms with Gasteiger partial charge in [-0.3, -0.25) is 4.79 Å². The second kappa shape index (κ2) is 7.26. The van der Waals surface area contributed by atoms with E-state index in [2.05, 4.69) is 9.97 Å². The third kappa shape index (κ3) is 4.50. The van der Waals surface area contributed by atoms with Crippen molar-refractivity contribution in [2.24, 2.45) is 0 Å². The summed E-state index contributed by atoms with van der Waals surface area (Å²) in [5.41, 5.74) is -3.72. The van der Waals surface area contributed by atoms with Crippen molar-refractivity contribution in [3.8, 4) is 5.88 Å². The van der Waals surface area contributed by atoms with Crippen molar-refractivity contribution in [3.63, 3.8) is 0 Å². The van der Waals surface area contributed by atoms with E-state index < -0.39 is 41.7 Å². The van der Waals surface area contributed by atoms with Gasteiger partial charge in [0.05, 0.1) is 16.5 Å². The maximum Gasteiger partial charge on any atom is 0.416 e. The van der Waals surface area contributed by atoms with Crippen molar-refractivity contribution in [1.82, 2.24) is 9.97 Å².